The van der Waals surface area contributed by atoms with E-state index in [-0.39, 0.29) is 11.5 Å². The minimum absolute atomic E-state index is 0.159. The number of hydrogen-bond acceptors (Lipinski definition) is 3. The number of benzene rings is 1. The van der Waals surface area contributed by atoms with Gasteiger partial charge in [-0.25, -0.2) is 0 Å². The summed E-state index contributed by atoms with van der Waals surface area (Å²) in [7, 11) is 0. The summed E-state index contributed by atoms with van der Waals surface area (Å²) in [6, 6.07) is 15.5. The molecule has 0 aliphatic rings. The van der Waals surface area contributed by atoms with Crippen LogP contribution < -0.4 is 10.9 Å². The third-order valence-corrected chi connectivity index (χ3v) is 3.15. The Morgan fingerprint density at radius 2 is 1.68 bits per heavy atom. The second-order valence-electron chi connectivity index (χ2n) is 4.65. The van der Waals surface area contributed by atoms with Crippen molar-refractivity contribution in [2.75, 3.05) is 5.32 Å². The zero-order valence-electron chi connectivity index (χ0n) is 11.6. The van der Waals surface area contributed by atoms with Crippen molar-refractivity contribution in [1.29, 1.82) is 0 Å². The molecule has 0 bridgehead atoms. The monoisotopic (exact) mass is 291 g/mol. The first kappa shape index (κ1) is 13.8. The van der Waals surface area contributed by atoms with Gasteiger partial charge >= 0.3 is 0 Å². The molecule has 0 saturated heterocycles. The number of nitrogens with one attached hydrogen (secondary N) is 1. The number of anilines is 1. The molecule has 0 aliphatic carbocycles. The van der Waals surface area contributed by atoms with Crippen LogP contribution >= 0.6 is 0 Å². The van der Waals surface area contributed by atoms with Gasteiger partial charge in [0.25, 0.3) is 11.5 Å². The van der Waals surface area contributed by atoms with E-state index in [0.717, 1.165) is 5.69 Å². The molecular weight excluding hydrogens is 278 g/mol. The Kier molecular flexibility index (Phi) is 3.78. The topological polar surface area (TPSA) is 64.0 Å². The summed E-state index contributed by atoms with van der Waals surface area (Å²) in [6.07, 6.45) is 4.72. The second-order valence-corrected chi connectivity index (χ2v) is 4.65. The highest BCUT2D eigenvalue weighted by molar-refractivity contribution is 6.04. The molecule has 0 unspecified atom stereocenters. The summed E-state index contributed by atoms with van der Waals surface area (Å²) in [5.41, 5.74) is 1.64. The van der Waals surface area contributed by atoms with E-state index in [1.54, 1.807) is 36.8 Å². The van der Waals surface area contributed by atoms with Crippen LogP contribution in [-0.2, 0) is 0 Å². The summed E-state index contributed by atoms with van der Waals surface area (Å²) in [5, 5.41) is 2.77. The molecule has 0 saturated carbocycles. The van der Waals surface area contributed by atoms with Crippen molar-refractivity contribution < 1.29 is 4.79 Å². The van der Waals surface area contributed by atoms with Crippen LogP contribution in [-0.4, -0.2) is 15.5 Å². The number of aromatic nitrogens is 2. The lowest BCUT2D eigenvalue weighted by Crippen LogP contribution is -2.19. The Hall–Kier alpha value is -3.21. The Balaban J connectivity index is 1.90. The predicted molar refractivity (Wildman–Crippen MR) is 84.2 cm³/mol. The van der Waals surface area contributed by atoms with E-state index < -0.39 is 0 Å². The minimum Gasteiger partial charge on any atom is -0.321 e. The third-order valence-electron chi connectivity index (χ3n) is 3.15. The number of nitrogens with zero attached hydrogens (tertiary/aromatic N) is 2. The van der Waals surface area contributed by atoms with Crippen molar-refractivity contribution in [2.45, 2.75) is 0 Å². The first-order valence-electron chi connectivity index (χ1n) is 6.73. The van der Waals surface area contributed by atoms with Crippen molar-refractivity contribution in [1.82, 2.24) is 9.55 Å². The smallest absolute Gasteiger partial charge is 0.255 e. The van der Waals surface area contributed by atoms with Crippen molar-refractivity contribution in [2.24, 2.45) is 0 Å². The minimum atomic E-state index is -0.249. The molecule has 3 rings (SSSR count). The molecule has 1 amide bonds. The highest BCUT2D eigenvalue weighted by Crippen LogP contribution is 2.10. The fraction of sp³-hybridized carbons (Fsp3) is 0. The Labute approximate surface area is 126 Å². The van der Waals surface area contributed by atoms with E-state index in [2.05, 4.69) is 10.3 Å². The summed E-state index contributed by atoms with van der Waals surface area (Å²) >= 11 is 0. The van der Waals surface area contributed by atoms with Crippen LogP contribution in [0.1, 0.15) is 10.4 Å². The zero-order chi connectivity index (χ0) is 15.4. The second kappa shape index (κ2) is 6.05. The summed E-state index contributed by atoms with van der Waals surface area (Å²) < 4.78 is 1.49. The number of carbonyl (C=O) groups excluding carboxylic acids is 1. The Bertz CT molecular complexity index is 843. The Morgan fingerprint density at radius 3 is 2.41 bits per heavy atom. The summed E-state index contributed by atoms with van der Waals surface area (Å²) in [5.74, 6) is -0.249. The fourth-order valence-electron chi connectivity index (χ4n) is 2.06. The molecule has 1 N–H and O–H groups in total. The van der Waals surface area contributed by atoms with Crippen LogP contribution in [0, 0.1) is 0 Å². The van der Waals surface area contributed by atoms with Gasteiger partial charge in [-0.05, 0) is 30.3 Å². The van der Waals surface area contributed by atoms with Crippen LogP contribution in [0.2, 0.25) is 0 Å². The molecule has 2 aromatic heterocycles. The summed E-state index contributed by atoms with van der Waals surface area (Å²) in [4.78, 5) is 28.0. The molecule has 5 nitrogen and oxygen atoms in total. The quantitative estimate of drug-likeness (QED) is 0.806. The normalized spacial score (nSPS) is 10.2. The van der Waals surface area contributed by atoms with Crippen LogP contribution in [0.5, 0.6) is 0 Å². The highest BCUT2D eigenvalue weighted by Gasteiger charge is 2.07. The van der Waals surface area contributed by atoms with Crippen LogP contribution in [0.4, 0.5) is 5.69 Å². The average Bonchev–Trinajstić information content (AvgIpc) is 2.58. The molecule has 108 valence electrons. The standard InChI is InChI=1S/C17H13N3O2/c21-16-7-6-14(12-20(16)15-4-2-1-3-5-15)19-17(22)13-8-10-18-11-9-13/h1-12H,(H,19,22). The molecule has 1 aromatic carbocycles. The maximum atomic E-state index is 12.1. The molecule has 5 heteroatoms. The number of amides is 1. The zero-order valence-corrected chi connectivity index (χ0v) is 11.6. The van der Waals surface area contributed by atoms with E-state index in [1.165, 1.54) is 10.6 Å². The molecule has 22 heavy (non-hydrogen) atoms. The molecule has 0 fully saturated rings. The number of rotatable bonds is 3. The van der Waals surface area contributed by atoms with E-state index in [0.29, 0.717) is 11.3 Å². The lowest BCUT2D eigenvalue weighted by Gasteiger charge is -2.09. The van der Waals surface area contributed by atoms with E-state index in [9.17, 15) is 9.59 Å². The average molecular weight is 291 g/mol. The van der Waals surface area contributed by atoms with Gasteiger partial charge in [0.1, 0.15) is 0 Å². The van der Waals surface area contributed by atoms with Gasteiger partial charge in [-0.1, -0.05) is 18.2 Å². The van der Waals surface area contributed by atoms with Crippen LogP contribution in [0.3, 0.4) is 0 Å². The molecule has 0 atom stereocenters. The van der Waals surface area contributed by atoms with Gasteiger partial charge in [0.05, 0.1) is 5.69 Å². The molecule has 2 heterocycles. The van der Waals surface area contributed by atoms with E-state index in [4.69, 9.17) is 0 Å². The SMILES string of the molecule is O=C(Nc1ccc(=O)n(-c2ccccc2)c1)c1ccncc1. The number of para-hydroxylation sites is 1. The van der Waals surface area contributed by atoms with Crippen molar-refractivity contribution >= 4 is 11.6 Å². The van der Waals surface area contributed by atoms with Gasteiger partial charge in [-0.15, -0.1) is 0 Å². The first-order chi connectivity index (χ1) is 10.7. The lowest BCUT2D eigenvalue weighted by atomic mass is 10.2. The largest absolute Gasteiger partial charge is 0.321 e. The highest BCUT2D eigenvalue weighted by atomic mass is 16.1. The molecular formula is C17H13N3O2. The van der Waals surface area contributed by atoms with Crippen molar-refractivity contribution in [3.8, 4) is 5.69 Å². The molecule has 0 radical (unpaired) electrons. The Morgan fingerprint density at radius 1 is 0.955 bits per heavy atom. The molecule has 0 spiro atoms. The van der Waals surface area contributed by atoms with Crippen LogP contribution in [0.15, 0.2) is 78.0 Å². The van der Waals surface area contributed by atoms with Gasteiger partial charge in [-0.3, -0.25) is 19.1 Å². The van der Waals surface area contributed by atoms with Gasteiger partial charge < -0.3 is 5.32 Å². The molecule has 3 aromatic rings. The van der Waals surface area contributed by atoms with Crippen molar-refractivity contribution in [3.63, 3.8) is 0 Å². The van der Waals surface area contributed by atoms with E-state index in [1.807, 2.05) is 30.3 Å². The van der Waals surface area contributed by atoms with E-state index >= 15 is 0 Å². The first-order valence-corrected chi connectivity index (χ1v) is 6.73. The van der Waals surface area contributed by atoms with Gasteiger partial charge in [0, 0.05) is 35.9 Å². The molecule has 0 aliphatic heterocycles. The van der Waals surface area contributed by atoms with Gasteiger partial charge in [0.15, 0.2) is 0 Å². The number of pyridine rings is 2. The number of hydrogen-bond donors (Lipinski definition) is 1. The van der Waals surface area contributed by atoms with Crippen LogP contribution in [0.25, 0.3) is 5.69 Å². The third kappa shape index (κ3) is 2.93. The van der Waals surface area contributed by atoms with Gasteiger partial charge in [0.2, 0.25) is 0 Å². The predicted octanol–water partition coefficient (Wildman–Crippen LogP) is 2.48. The van der Waals surface area contributed by atoms with Gasteiger partial charge in [-0.2, -0.15) is 0 Å². The maximum Gasteiger partial charge on any atom is 0.255 e. The van der Waals surface area contributed by atoms with Crippen molar-refractivity contribution in [3.05, 3.63) is 89.1 Å². The number of carbonyl (C=O) groups is 1. The lowest BCUT2D eigenvalue weighted by molar-refractivity contribution is 0.102. The fourth-order valence-corrected chi connectivity index (χ4v) is 2.06. The maximum absolute atomic E-state index is 12.1. The summed E-state index contributed by atoms with van der Waals surface area (Å²) in [6.45, 7) is 0.